The van der Waals surface area contributed by atoms with Crippen molar-refractivity contribution in [1.82, 2.24) is 4.72 Å². The highest BCUT2D eigenvalue weighted by Gasteiger charge is 2.18. The van der Waals surface area contributed by atoms with Gasteiger partial charge in [0.25, 0.3) is 0 Å². The number of rotatable bonds is 5. The number of hydrogen-bond acceptors (Lipinski definition) is 3. The zero-order valence-corrected chi connectivity index (χ0v) is 11.5. The van der Waals surface area contributed by atoms with Gasteiger partial charge in [0.2, 0.25) is 10.0 Å². The topological polar surface area (TPSA) is 72.2 Å². The van der Waals surface area contributed by atoms with Gasteiger partial charge in [-0.1, -0.05) is 36.4 Å². The molecular formula is C14H15FN2O2S. The van der Waals surface area contributed by atoms with Gasteiger partial charge in [0, 0.05) is 6.54 Å². The van der Waals surface area contributed by atoms with Crippen LogP contribution in [-0.4, -0.2) is 15.0 Å². The molecule has 0 bridgehead atoms. The number of sulfonamides is 1. The molecule has 0 heterocycles. The van der Waals surface area contributed by atoms with Crippen LogP contribution in [0, 0.1) is 5.82 Å². The summed E-state index contributed by atoms with van der Waals surface area (Å²) in [5.74, 6) is -0.740. The molecule has 0 aliphatic rings. The fourth-order valence-electron chi connectivity index (χ4n) is 1.80. The molecule has 0 aliphatic heterocycles. The average Bonchev–Trinajstić information content (AvgIpc) is 2.42. The summed E-state index contributed by atoms with van der Waals surface area (Å²) < 4.78 is 39.8. The third-order valence-corrected chi connectivity index (χ3v) is 4.37. The fourth-order valence-corrected chi connectivity index (χ4v) is 2.97. The smallest absolute Gasteiger partial charge is 0.242 e. The summed E-state index contributed by atoms with van der Waals surface area (Å²) in [5.41, 5.74) is 6.11. The Morgan fingerprint density at radius 3 is 2.45 bits per heavy atom. The Bertz CT molecular complexity index is 688. The van der Waals surface area contributed by atoms with E-state index in [0.717, 1.165) is 11.6 Å². The van der Waals surface area contributed by atoms with E-state index in [9.17, 15) is 12.8 Å². The maximum Gasteiger partial charge on any atom is 0.242 e. The van der Waals surface area contributed by atoms with Gasteiger partial charge in [0.1, 0.15) is 10.7 Å². The number of anilines is 1. The standard InChI is InChI=1S/C14H15FN2O2S/c15-12-7-4-8-13(14(12)16)20(18,19)17-10-9-11-5-2-1-3-6-11/h1-8,17H,9-10,16H2. The number of halogens is 1. The third kappa shape index (κ3) is 3.34. The van der Waals surface area contributed by atoms with Gasteiger partial charge in [-0.05, 0) is 24.1 Å². The van der Waals surface area contributed by atoms with Crippen molar-refractivity contribution in [3.63, 3.8) is 0 Å². The van der Waals surface area contributed by atoms with Crippen molar-refractivity contribution in [2.24, 2.45) is 0 Å². The second-order valence-electron chi connectivity index (χ2n) is 4.29. The predicted octanol–water partition coefficient (Wildman–Crippen LogP) is 1.93. The van der Waals surface area contributed by atoms with Crippen LogP contribution in [0.2, 0.25) is 0 Å². The van der Waals surface area contributed by atoms with Crippen molar-refractivity contribution < 1.29 is 12.8 Å². The van der Waals surface area contributed by atoms with Gasteiger partial charge in [0.15, 0.2) is 0 Å². The van der Waals surface area contributed by atoms with Gasteiger partial charge in [0.05, 0.1) is 5.69 Å². The Morgan fingerprint density at radius 2 is 1.75 bits per heavy atom. The molecule has 0 aromatic heterocycles. The van der Waals surface area contributed by atoms with Crippen LogP contribution in [0.3, 0.4) is 0 Å². The maximum absolute atomic E-state index is 13.3. The first-order valence-corrected chi connectivity index (χ1v) is 7.56. The van der Waals surface area contributed by atoms with Crippen LogP contribution in [0.4, 0.5) is 10.1 Å². The van der Waals surface area contributed by atoms with E-state index in [1.807, 2.05) is 30.3 Å². The van der Waals surface area contributed by atoms with Crippen molar-refractivity contribution >= 4 is 15.7 Å². The number of nitrogens with two attached hydrogens (primary N) is 1. The lowest BCUT2D eigenvalue weighted by molar-refractivity contribution is 0.579. The Morgan fingerprint density at radius 1 is 1.05 bits per heavy atom. The molecule has 6 heteroatoms. The van der Waals surface area contributed by atoms with E-state index < -0.39 is 15.8 Å². The van der Waals surface area contributed by atoms with Crippen LogP contribution >= 0.6 is 0 Å². The quantitative estimate of drug-likeness (QED) is 0.828. The summed E-state index contributed by atoms with van der Waals surface area (Å²) in [6, 6.07) is 13.2. The molecule has 2 rings (SSSR count). The largest absolute Gasteiger partial charge is 0.395 e. The molecule has 0 amide bonds. The monoisotopic (exact) mass is 294 g/mol. The SMILES string of the molecule is Nc1c(F)cccc1S(=O)(=O)NCCc1ccccc1. The molecule has 0 saturated heterocycles. The molecule has 0 fully saturated rings. The molecule has 0 aliphatic carbocycles. The maximum atomic E-state index is 13.3. The molecule has 20 heavy (non-hydrogen) atoms. The van der Waals surface area contributed by atoms with Crippen LogP contribution in [0.15, 0.2) is 53.4 Å². The molecule has 3 N–H and O–H groups in total. The zero-order chi connectivity index (χ0) is 14.6. The van der Waals surface area contributed by atoms with Crippen molar-refractivity contribution in [3.8, 4) is 0 Å². The Balaban J connectivity index is 2.06. The lowest BCUT2D eigenvalue weighted by atomic mass is 10.2. The molecule has 2 aromatic rings. The van der Waals surface area contributed by atoms with Crippen LogP contribution in [0.1, 0.15) is 5.56 Å². The van der Waals surface area contributed by atoms with Crippen LogP contribution in [-0.2, 0) is 16.4 Å². The number of benzene rings is 2. The summed E-state index contributed by atoms with van der Waals surface area (Å²) in [6.45, 7) is 0.225. The first-order chi connectivity index (χ1) is 9.50. The van der Waals surface area contributed by atoms with Gasteiger partial charge in [-0.2, -0.15) is 0 Å². The minimum absolute atomic E-state index is 0.225. The minimum Gasteiger partial charge on any atom is -0.395 e. The predicted molar refractivity (Wildman–Crippen MR) is 76.1 cm³/mol. The normalized spacial score (nSPS) is 11.4. The second kappa shape index (κ2) is 6.02. The average molecular weight is 294 g/mol. The van der Waals surface area contributed by atoms with E-state index in [2.05, 4.69) is 4.72 Å². The van der Waals surface area contributed by atoms with Gasteiger partial charge in [-0.3, -0.25) is 0 Å². The van der Waals surface area contributed by atoms with E-state index in [1.165, 1.54) is 12.1 Å². The van der Waals surface area contributed by atoms with Gasteiger partial charge in [-0.25, -0.2) is 17.5 Å². The van der Waals surface area contributed by atoms with E-state index >= 15 is 0 Å². The highest BCUT2D eigenvalue weighted by atomic mass is 32.2. The van der Waals surface area contributed by atoms with Gasteiger partial charge >= 0.3 is 0 Å². The lowest BCUT2D eigenvalue weighted by Crippen LogP contribution is -2.27. The van der Waals surface area contributed by atoms with Crippen LogP contribution < -0.4 is 10.5 Å². The minimum atomic E-state index is -3.80. The summed E-state index contributed by atoms with van der Waals surface area (Å²) in [5, 5.41) is 0. The first kappa shape index (κ1) is 14.5. The first-order valence-electron chi connectivity index (χ1n) is 6.08. The molecule has 2 aromatic carbocycles. The molecule has 0 spiro atoms. The highest BCUT2D eigenvalue weighted by molar-refractivity contribution is 7.89. The zero-order valence-electron chi connectivity index (χ0n) is 10.7. The molecule has 0 saturated carbocycles. The van der Waals surface area contributed by atoms with Gasteiger partial charge < -0.3 is 5.73 Å². The Kier molecular flexibility index (Phi) is 4.36. The number of hydrogen-bond donors (Lipinski definition) is 2. The van der Waals surface area contributed by atoms with Crippen molar-refractivity contribution in [3.05, 3.63) is 59.9 Å². The lowest BCUT2D eigenvalue weighted by Gasteiger charge is -2.09. The van der Waals surface area contributed by atoms with Crippen molar-refractivity contribution in [2.75, 3.05) is 12.3 Å². The summed E-state index contributed by atoms with van der Waals surface area (Å²) in [6.07, 6.45) is 0.551. The van der Waals surface area contributed by atoms with Crippen molar-refractivity contribution in [2.45, 2.75) is 11.3 Å². The number of nitrogen functional groups attached to an aromatic ring is 1. The highest BCUT2D eigenvalue weighted by Crippen LogP contribution is 2.20. The van der Waals surface area contributed by atoms with E-state index in [4.69, 9.17) is 5.73 Å². The fraction of sp³-hybridized carbons (Fsp3) is 0.143. The molecular weight excluding hydrogens is 279 g/mol. The summed E-state index contributed by atoms with van der Waals surface area (Å²) in [7, 11) is -3.80. The van der Waals surface area contributed by atoms with Crippen LogP contribution in [0.5, 0.6) is 0 Å². The molecule has 106 valence electrons. The van der Waals surface area contributed by atoms with E-state index in [0.29, 0.717) is 6.42 Å². The van der Waals surface area contributed by atoms with E-state index in [-0.39, 0.29) is 17.1 Å². The summed E-state index contributed by atoms with van der Waals surface area (Å²) in [4.78, 5) is -0.231. The molecule has 0 atom stereocenters. The second-order valence-corrected chi connectivity index (χ2v) is 6.02. The number of para-hydroxylation sites is 1. The Labute approximate surface area is 117 Å². The van der Waals surface area contributed by atoms with E-state index in [1.54, 1.807) is 0 Å². The third-order valence-electron chi connectivity index (χ3n) is 2.85. The van der Waals surface area contributed by atoms with Crippen molar-refractivity contribution in [1.29, 1.82) is 0 Å². The van der Waals surface area contributed by atoms with Gasteiger partial charge in [-0.15, -0.1) is 0 Å². The molecule has 0 radical (unpaired) electrons. The summed E-state index contributed by atoms with van der Waals surface area (Å²) >= 11 is 0. The Hall–Kier alpha value is -1.92. The van der Waals surface area contributed by atoms with Crippen LogP contribution in [0.25, 0.3) is 0 Å². The molecule has 0 unspecified atom stereocenters. The molecule has 4 nitrogen and oxygen atoms in total. The number of nitrogens with one attached hydrogen (secondary N) is 1.